The second-order valence-corrected chi connectivity index (χ2v) is 11.3. The van der Waals surface area contributed by atoms with Crippen molar-refractivity contribution in [3.63, 3.8) is 0 Å². The molecular formula is C26H25F3N4O5S. The Morgan fingerprint density at radius 2 is 1.67 bits per heavy atom. The molecule has 206 valence electrons. The highest BCUT2D eigenvalue weighted by Gasteiger charge is 2.37. The van der Waals surface area contributed by atoms with E-state index in [4.69, 9.17) is 5.73 Å². The fourth-order valence-electron chi connectivity index (χ4n) is 4.54. The smallest absolute Gasteiger partial charge is 0.418 e. The second kappa shape index (κ2) is 11.0. The number of rotatable bonds is 7. The van der Waals surface area contributed by atoms with Crippen LogP contribution in [0.3, 0.4) is 0 Å². The Morgan fingerprint density at radius 1 is 1.00 bits per heavy atom. The fourth-order valence-corrected chi connectivity index (χ4v) is 6.33. The van der Waals surface area contributed by atoms with Gasteiger partial charge in [0.25, 0.3) is 5.91 Å². The van der Waals surface area contributed by atoms with E-state index in [0.717, 1.165) is 13.2 Å². The molecule has 4 rings (SSSR count). The standard InChI is InChI=1S/C26H25F3N4O5S/c1-38-25(35)20-13-23(32-14-21(20)26(27,28)29)33-17-4-8-19(9-5-17)39(36,37)18-6-2-15(3-7-18)16-10-11-31-22(12-16)24(30)34/h2-3,6-7,10-14,17,19H,4-5,8-9H2,1H3,(H2,30,34)(H,32,33). The Balaban J connectivity index is 1.42. The molecule has 1 aliphatic carbocycles. The van der Waals surface area contributed by atoms with Crippen LogP contribution in [-0.4, -0.2) is 48.7 Å². The molecule has 0 radical (unpaired) electrons. The average molecular weight is 563 g/mol. The van der Waals surface area contributed by atoms with Gasteiger partial charge in [-0.05, 0) is 67.1 Å². The number of amides is 1. The predicted molar refractivity (Wildman–Crippen MR) is 136 cm³/mol. The van der Waals surface area contributed by atoms with Gasteiger partial charge in [0.05, 0.1) is 28.4 Å². The van der Waals surface area contributed by atoms with Crippen molar-refractivity contribution in [2.24, 2.45) is 5.73 Å². The van der Waals surface area contributed by atoms with Gasteiger partial charge in [0.15, 0.2) is 9.84 Å². The van der Waals surface area contributed by atoms with Crippen LogP contribution in [-0.2, 0) is 20.8 Å². The molecule has 0 saturated heterocycles. The normalized spacial score (nSPS) is 17.8. The summed E-state index contributed by atoms with van der Waals surface area (Å²) in [6, 6.07) is 10.3. The summed E-state index contributed by atoms with van der Waals surface area (Å²) >= 11 is 0. The lowest BCUT2D eigenvalue weighted by Gasteiger charge is -2.29. The number of nitrogens with two attached hydrogens (primary N) is 1. The number of benzene rings is 1. The molecule has 1 amide bonds. The number of halogens is 3. The number of pyridine rings is 2. The summed E-state index contributed by atoms with van der Waals surface area (Å²) < 4.78 is 70.7. The van der Waals surface area contributed by atoms with Gasteiger partial charge in [0, 0.05) is 18.4 Å². The maximum Gasteiger partial charge on any atom is 0.418 e. The van der Waals surface area contributed by atoms with Gasteiger partial charge in [-0.1, -0.05) is 12.1 Å². The maximum absolute atomic E-state index is 13.3. The van der Waals surface area contributed by atoms with E-state index in [-0.39, 0.29) is 22.4 Å². The number of aromatic nitrogens is 2. The number of primary amides is 1. The first-order valence-corrected chi connectivity index (χ1v) is 13.5. The van der Waals surface area contributed by atoms with Crippen LogP contribution < -0.4 is 11.1 Å². The monoisotopic (exact) mass is 562 g/mol. The summed E-state index contributed by atoms with van der Waals surface area (Å²) in [7, 11) is -2.65. The van der Waals surface area contributed by atoms with Crippen LogP contribution in [0.4, 0.5) is 19.0 Å². The highest BCUT2D eigenvalue weighted by Crippen LogP contribution is 2.34. The number of carbonyl (C=O) groups excluding carboxylic acids is 2. The first-order chi connectivity index (χ1) is 18.4. The van der Waals surface area contributed by atoms with Gasteiger partial charge in [-0.15, -0.1) is 0 Å². The predicted octanol–water partition coefficient (Wildman–Crippen LogP) is 4.24. The van der Waals surface area contributed by atoms with Gasteiger partial charge in [0.1, 0.15) is 11.5 Å². The number of hydrogen-bond acceptors (Lipinski definition) is 8. The van der Waals surface area contributed by atoms with E-state index >= 15 is 0 Å². The Morgan fingerprint density at radius 3 is 2.26 bits per heavy atom. The average Bonchev–Trinajstić information content (AvgIpc) is 2.92. The lowest BCUT2D eigenvalue weighted by atomic mass is 9.95. The molecular weight excluding hydrogens is 537 g/mol. The summed E-state index contributed by atoms with van der Waals surface area (Å²) in [5, 5.41) is 2.38. The molecule has 3 N–H and O–H groups in total. The third-order valence-electron chi connectivity index (χ3n) is 6.61. The van der Waals surface area contributed by atoms with Crippen LogP contribution in [0, 0.1) is 0 Å². The first-order valence-electron chi connectivity index (χ1n) is 11.9. The van der Waals surface area contributed by atoms with E-state index in [9.17, 15) is 31.2 Å². The zero-order chi connectivity index (χ0) is 28.4. The molecule has 0 atom stereocenters. The van der Waals surface area contributed by atoms with E-state index in [1.807, 2.05) is 0 Å². The van der Waals surface area contributed by atoms with Crippen molar-refractivity contribution in [3.8, 4) is 11.1 Å². The van der Waals surface area contributed by atoms with Crippen molar-refractivity contribution in [2.45, 2.75) is 48.0 Å². The summed E-state index contributed by atoms with van der Waals surface area (Å²) in [5.74, 6) is -1.73. The third kappa shape index (κ3) is 6.19. The van der Waals surface area contributed by atoms with Gasteiger partial charge in [-0.2, -0.15) is 13.2 Å². The molecule has 2 heterocycles. The molecule has 1 saturated carbocycles. The molecule has 0 spiro atoms. The molecule has 1 aromatic carbocycles. The minimum atomic E-state index is -4.77. The number of ether oxygens (including phenoxy) is 1. The molecule has 1 fully saturated rings. The van der Waals surface area contributed by atoms with E-state index in [0.29, 0.717) is 43.0 Å². The van der Waals surface area contributed by atoms with Crippen LogP contribution in [0.1, 0.15) is 52.1 Å². The number of esters is 1. The highest BCUT2D eigenvalue weighted by atomic mass is 32.2. The third-order valence-corrected chi connectivity index (χ3v) is 8.89. The van der Waals surface area contributed by atoms with E-state index in [2.05, 4.69) is 20.0 Å². The van der Waals surface area contributed by atoms with Gasteiger partial charge in [-0.25, -0.2) is 18.2 Å². The van der Waals surface area contributed by atoms with Crippen molar-refractivity contribution >= 4 is 27.5 Å². The van der Waals surface area contributed by atoms with Gasteiger partial charge >= 0.3 is 12.1 Å². The molecule has 1 aliphatic rings. The van der Waals surface area contributed by atoms with E-state index in [1.54, 1.807) is 18.2 Å². The van der Waals surface area contributed by atoms with Gasteiger partial charge in [-0.3, -0.25) is 9.78 Å². The molecule has 39 heavy (non-hydrogen) atoms. The van der Waals surface area contributed by atoms with Crippen LogP contribution >= 0.6 is 0 Å². The topological polar surface area (TPSA) is 141 Å². The number of nitrogens with zero attached hydrogens (tertiary/aromatic N) is 2. The summed E-state index contributed by atoms with van der Waals surface area (Å²) in [6.07, 6.45) is -1.21. The molecule has 2 aromatic heterocycles. The van der Waals surface area contributed by atoms with Crippen molar-refractivity contribution in [1.82, 2.24) is 9.97 Å². The number of methoxy groups -OCH3 is 1. The van der Waals surface area contributed by atoms with Crippen molar-refractivity contribution in [1.29, 1.82) is 0 Å². The zero-order valence-corrected chi connectivity index (χ0v) is 21.6. The number of sulfone groups is 1. The van der Waals surface area contributed by atoms with Crippen molar-refractivity contribution < 1.29 is 35.9 Å². The largest absolute Gasteiger partial charge is 0.465 e. The highest BCUT2D eigenvalue weighted by molar-refractivity contribution is 7.92. The Labute approximate surface area is 222 Å². The molecule has 0 unspecified atom stereocenters. The summed E-state index contributed by atoms with van der Waals surface area (Å²) in [5.41, 5.74) is 4.89. The van der Waals surface area contributed by atoms with Gasteiger partial charge in [0.2, 0.25) is 0 Å². The molecule has 0 aliphatic heterocycles. The quantitative estimate of drug-likeness (QED) is 0.407. The zero-order valence-electron chi connectivity index (χ0n) is 20.7. The van der Waals surface area contributed by atoms with E-state index in [1.165, 1.54) is 24.4 Å². The molecule has 0 bridgehead atoms. The van der Waals surface area contributed by atoms with Crippen molar-refractivity contribution in [3.05, 3.63) is 71.7 Å². The number of anilines is 1. The lowest BCUT2D eigenvalue weighted by molar-refractivity contribution is -0.138. The number of nitrogens with one attached hydrogen (secondary N) is 1. The van der Waals surface area contributed by atoms with Crippen LogP contribution in [0.2, 0.25) is 0 Å². The number of carbonyl (C=O) groups is 2. The van der Waals surface area contributed by atoms with Crippen LogP contribution in [0.15, 0.2) is 59.8 Å². The summed E-state index contributed by atoms with van der Waals surface area (Å²) in [6.45, 7) is 0. The van der Waals surface area contributed by atoms with Crippen LogP contribution in [0.5, 0.6) is 0 Å². The Kier molecular flexibility index (Phi) is 7.91. The van der Waals surface area contributed by atoms with E-state index < -0.39 is 44.3 Å². The lowest BCUT2D eigenvalue weighted by Crippen LogP contribution is -2.33. The SMILES string of the molecule is COC(=O)c1cc(NC2CCC(S(=O)(=O)c3ccc(-c4ccnc(C(N)=O)c4)cc3)CC2)ncc1C(F)(F)F. The number of hydrogen-bond donors (Lipinski definition) is 2. The minimum Gasteiger partial charge on any atom is -0.465 e. The number of alkyl halides is 3. The van der Waals surface area contributed by atoms with Crippen molar-refractivity contribution in [2.75, 3.05) is 12.4 Å². The second-order valence-electron chi connectivity index (χ2n) is 9.09. The Bertz CT molecular complexity index is 1490. The fraction of sp³-hybridized carbons (Fsp3) is 0.308. The first kappa shape index (κ1) is 28.0. The minimum absolute atomic E-state index is 0.0703. The van der Waals surface area contributed by atoms with Gasteiger partial charge < -0.3 is 15.8 Å². The maximum atomic E-state index is 13.3. The molecule has 9 nitrogen and oxygen atoms in total. The molecule has 13 heteroatoms. The Hall–Kier alpha value is -4.00. The molecule has 3 aromatic rings. The van der Waals surface area contributed by atoms with Crippen LogP contribution in [0.25, 0.3) is 11.1 Å². The summed E-state index contributed by atoms with van der Waals surface area (Å²) in [4.78, 5) is 31.1.